The molecule has 0 N–H and O–H groups in total. The second-order valence-electron chi connectivity index (χ2n) is 6.07. The molecule has 0 saturated carbocycles. The molecule has 0 nitrogen and oxygen atoms in total. The Morgan fingerprint density at radius 2 is 1.36 bits per heavy atom. The second kappa shape index (κ2) is 5.03. The summed E-state index contributed by atoms with van der Waals surface area (Å²) in [6, 6.07) is 26.5. The topological polar surface area (TPSA) is 0 Å². The van der Waals surface area contributed by atoms with E-state index in [4.69, 9.17) is 0 Å². The normalized spacial score (nSPS) is 11.1. The van der Waals surface area contributed by atoms with Gasteiger partial charge in [0.2, 0.25) is 0 Å². The molecule has 0 radical (unpaired) electrons. The molecule has 0 fully saturated rings. The molecule has 104 valence electrons. The van der Waals surface area contributed by atoms with Crippen LogP contribution in [0, 0.1) is 6.92 Å². The lowest BCUT2D eigenvalue weighted by Crippen LogP contribution is -2.00. The van der Waals surface area contributed by atoms with E-state index in [1.165, 1.54) is 43.7 Å². The molecule has 0 bridgehead atoms. The van der Waals surface area contributed by atoms with Crippen molar-refractivity contribution < 1.29 is 0 Å². The van der Waals surface area contributed by atoms with Crippen molar-refractivity contribution in [2.75, 3.05) is 0 Å². The molecule has 4 aromatic carbocycles. The molecule has 0 spiro atoms. The highest BCUT2D eigenvalue weighted by Gasteiger charge is 2.09. The van der Waals surface area contributed by atoms with Crippen molar-refractivity contribution >= 4 is 34.9 Å². The molecular weight excluding hydrogens is 263 g/mol. The zero-order valence-electron chi connectivity index (χ0n) is 12.9. The summed E-state index contributed by atoms with van der Waals surface area (Å²) >= 11 is 0. The lowest BCUT2D eigenvalue weighted by Gasteiger charge is -2.13. The number of aryl methyl sites for hydroxylation is 1. The minimum atomic E-state index is 1.28. The van der Waals surface area contributed by atoms with Crippen LogP contribution >= 0.6 is 0 Å². The van der Waals surface area contributed by atoms with Crippen LogP contribution in [0.4, 0.5) is 0 Å². The number of hydrogen-bond acceptors (Lipinski definition) is 0. The fraction of sp³-hybridized carbons (Fsp3) is 0.0476. The average Bonchev–Trinajstić information content (AvgIpc) is 2.53. The Kier molecular flexibility index (Phi) is 3.01. The third kappa shape index (κ3) is 2.10. The van der Waals surface area contributed by atoms with E-state index in [1.807, 2.05) is 0 Å². The van der Waals surface area contributed by atoms with Crippen LogP contribution < -0.4 is 5.46 Å². The number of benzene rings is 4. The van der Waals surface area contributed by atoms with Crippen molar-refractivity contribution in [1.82, 2.24) is 0 Å². The summed E-state index contributed by atoms with van der Waals surface area (Å²) in [5.74, 6) is 0. The highest BCUT2D eigenvalue weighted by atomic mass is 14.1. The molecule has 4 rings (SSSR count). The van der Waals surface area contributed by atoms with Crippen molar-refractivity contribution in [1.29, 1.82) is 0 Å². The second-order valence-corrected chi connectivity index (χ2v) is 6.07. The summed E-state index contributed by atoms with van der Waals surface area (Å²) in [6.45, 7) is 2.15. The summed E-state index contributed by atoms with van der Waals surface area (Å²) in [7, 11) is 2.15. The standard InChI is InChI=1S/C21H17B/c1-14-7-9-19-16(11-14)12-17-13-18(22)8-10-20(17)21(19)15-5-3-2-4-6-15/h2-13H,22H2,1H3. The molecule has 1 heteroatoms. The molecule has 0 saturated heterocycles. The molecule has 0 aromatic heterocycles. The number of fused-ring (bicyclic) bond motifs is 2. The van der Waals surface area contributed by atoms with Gasteiger partial charge in [0, 0.05) is 0 Å². The lowest BCUT2D eigenvalue weighted by molar-refractivity contribution is 1.51. The average molecular weight is 280 g/mol. The van der Waals surface area contributed by atoms with E-state index in [2.05, 4.69) is 87.6 Å². The van der Waals surface area contributed by atoms with Gasteiger partial charge in [0.25, 0.3) is 0 Å². The zero-order valence-corrected chi connectivity index (χ0v) is 12.9. The van der Waals surface area contributed by atoms with Crippen LogP contribution in [0.3, 0.4) is 0 Å². The quantitative estimate of drug-likeness (QED) is 0.361. The number of rotatable bonds is 1. The first-order valence-electron chi connectivity index (χ1n) is 7.71. The van der Waals surface area contributed by atoms with Crippen molar-refractivity contribution in [3.8, 4) is 11.1 Å². The highest BCUT2D eigenvalue weighted by molar-refractivity contribution is 6.33. The van der Waals surface area contributed by atoms with E-state index >= 15 is 0 Å². The number of hydrogen-bond donors (Lipinski definition) is 0. The van der Waals surface area contributed by atoms with Gasteiger partial charge >= 0.3 is 0 Å². The highest BCUT2D eigenvalue weighted by Crippen LogP contribution is 2.36. The third-order valence-corrected chi connectivity index (χ3v) is 4.33. The van der Waals surface area contributed by atoms with Gasteiger partial charge in [-0.05, 0) is 45.7 Å². The molecule has 0 heterocycles. The molecule has 0 amide bonds. The van der Waals surface area contributed by atoms with Crippen molar-refractivity contribution in [2.24, 2.45) is 0 Å². The van der Waals surface area contributed by atoms with Crippen molar-refractivity contribution in [3.05, 3.63) is 78.4 Å². The first-order chi connectivity index (χ1) is 10.7. The Labute approximate surface area is 131 Å². The van der Waals surface area contributed by atoms with Crippen molar-refractivity contribution in [2.45, 2.75) is 6.92 Å². The molecule has 0 aliphatic carbocycles. The van der Waals surface area contributed by atoms with E-state index in [0.717, 1.165) is 0 Å². The Morgan fingerprint density at radius 3 is 2.14 bits per heavy atom. The van der Waals surface area contributed by atoms with Gasteiger partial charge in [0.1, 0.15) is 7.85 Å². The van der Waals surface area contributed by atoms with Gasteiger partial charge in [-0.15, -0.1) is 0 Å². The SMILES string of the molecule is Bc1ccc2c(-c3ccccc3)c3ccc(C)cc3cc2c1. The van der Waals surface area contributed by atoms with Crippen LogP contribution in [0.25, 0.3) is 32.7 Å². The Morgan fingerprint density at radius 1 is 0.682 bits per heavy atom. The van der Waals surface area contributed by atoms with Crippen LogP contribution in [0.15, 0.2) is 72.8 Å². The fourth-order valence-electron chi connectivity index (χ4n) is 3.29. The molecular formula is C21H17B. The molecule has 0 aliphatic rings. The minimum absolute atomic E-state index is 1.28. The van der Waals surface area contributed by atoms with Gasteiger partial charge in [-0.25, -0.2) is 0 Å². The zero-order chi connectivity index (χ0) is 15.1. The summed E-state index contributed by atoms with van der Waals surface area (Å²) in [6.07, 6.45) is 0. The van der Waals surface area contributed by atoms with E-state index < -0.39 is 0 Å². The van der Waals surface area contributed by atoms with Gasteiger partial charge in [-0.2, -0.15) is 0 Å². The van der Waals surface area contributed by atoms with E-state index in [-0.39, 0.29) is 0 Å². The monoisotopic (exact) mass is 280 g/mol. The van der Waals surface area contributed by atoms with Gasteiger partial charge in [0.05, 0.1) is 0 Å². The van der Waals surface area contributed by atoms with E-state index in [0.29, 0.717) is 0 Å². The van der Waals surface area contributed by atoms with Crippen LogP contribution in [-0.4, -0.2) is 7.85 Å². The fourth-order valence-corrected chi connectivity index (χ4v) is 3.29. The van der Waals surface area contributed by atoms with Crippen molar-refractivity contribution in [3.63, 3.8) is 0 Å². The molecule has 0 atom stereocenters. The van der Waals surface area contributed by atoms with Gasteiger partial charge in [0.15, 0.2) is 0 Å². The smallest absolute Gasteiger partial charge is 0.0883 e. The van der Waals surface area contributed by atoms with Crippen LogP contribution in [0.1, 0.15) is 5.56 Å². The predicted molar refractivity (Wildman–Crippen MR) is 99.8 cm³/mol. The largest absolute Gasteiger partial charge is 0.139 e. The van der Waals surface area contributed by atoms with Crippen LogP contribution in [-0.2, 0) is 0 Å². The van der Waals surface area contributed by atoms with Gasteiger partial charge in [-0.1, -0.05) is 77.8 Å². The summed E-state index contributed by atoms with van der Waals surface area (Å²) in [4.78, 5) is 0. The third-order valence-electron chi connectivity index (χ3n) is 4.33. The summed E-state index contributed by atoms with van der Waals surface area (Å²) in [5, 5.41) is 5.29. The summed E-state index contributed by atoms with van der Waals surface area (Å²) < 4.78 is 0. The van der Waals surface area contributed by atoms with Gasteiger partial charge in [-0.3, -0.25) is 0 Å². The Bertz CT molecular complexity index is 925. The molecule has 4 aromatic rings. The van der Waals surface area contributed by atoms with E-state index in [9.17, 15) is 0 Å². The molecule has 0 unspecified atom stereocenters. The maximum atomic E-state index is 2.32. The molecule has 22 heavy (non-hydrogen) atoms. The van der Waals surface area contributed by atoms with Gasteiger partial charge < -0.3 is 0 Å². The first-order valence-corrected chi connectivity index (χ1v) is 7.71. The maximum absolute atomic E-state index is 2.32. The minimum Gasteiger partial charge on any atom is -0.0883 e. The van der Waals surface area contributed by atoms with Crippen LogP contribution in [0.5, 0.6) is 0 Å². The van der Waals surface area contributed by atoms with E-state index in [1.54, 1.807) is 0 Å². The Hall–Kier alpha value is -2.54. The molecule has 0 aliphatic heterocycles. The maximum Gasteiger partial charge on any atom is 0.139 e. The Balaban J connectivity index is 2.22. The lowest BCUT2D eigenvalue weighted by atomic mass is 9.87. The van der Waals surface area contributed by atoms with Crippen LogP contribution in [0.2, 0.25) is 0 Å². The first kappa shape index (κ1) is 13.2. The summed E-state index contributed by atoms with van der Waals surface area (Å²) in [5.41, 5.74) is 5.23. The predicted octanol–water partition coefficient (Wildman–Crippen LogP) is 4.23.